The first-order valence-corrected chi connectivity index (χ1v) is 7.14. The van der Waals surface area contributed by atoms with Crippen LogP contribution in [0.25, 0.3) is 0 Å². The lowest BCUT2D eigenvalue weighted by Gasteiger charge is -2.34. The maximum Gasteiger partial charge on any atom is 0.128 e. The molecule has 20 heavy (non-hydrogen) atoms. The van der Waals surface area contributed by atoms with Gasteiger partial charge in [0.2, 0.25) is 0 Å². The van der Waals surface area contributed by atoms with E-state index in [1.807, 2.05) is 6.92 Å². The zero-order valence-corrected chi connectivity index (χ0v) is 11.8. The van der Waals surface area contributed by atoms with Gasteiger partial charge in [0, 0.05) is 31.3 Å². The van der Waals surface area contributed by atoms with Crippen LogP contribution >= 0.6 is 0 Å². The zero-order valence-electron chi connectivity index (χ0n) is 11.8. The van der Waals surface area contributed by atoms with E-state index in [1.165, 1.54) is 6.07 Å². The van der Waals surface area contributed by atoms with Crippen molar-refractivity contribution >= 4 is 0 Å². The summed E-state index contributed by atoms with van der Waals surface area (Å²) in [5.74, 6) is -0.903. The topological polar surface area (TPSA) is 38.5 Å². The predicted molar refractivity (Wildman–Crippen MR) is 74.4 cm³/mol. The van der Waals surface area contributed by atoms with Crippen LogP contribution in [-0.2, 0) is 4.74 Å². The summed E-state index contributed by atoms with van der Waals surface area (Å²) in [4.78, 5) is 2.17. The van der Waals surface area contributed by atoms with E-state index in [0.717, 1.165) is 38.1 Å². The van der Waals surface area contributed by atoms with Gasteiger partial charge >= 0.3 is 0 Å². The van der Waals surface area contributed by atoms with Crippen LogP contribution in [0.1, 0.15) is 31.4 Å². The molecule has 1 heterocycles. The Kier molecular flexibility index (Phi) is 5.46. The van der Waals surface area contributed by atoms with Gasteiger partial charge in [-0.05, 0) is 44.5 Å². The van der Waals surface area contributed by atoms with Gasteiger partial charge in [-0.1, -0.05) is 0 Å². The summed E-state index contributed by atoms with van der Waals surface area (Å²) in [6.07, 6.45) is 2.31. The number of halogens is 2. The number of piperidine rings is 1. The maximum absolute atomic E-state index is 13.7. The van der Waals surface area contributed by atoms with E-state index in [1.54, 1.807) is 0 Å². The summed E-state index contributed by atoms with van der Waals surface area (Å²) in [5, 5.41) is 0. The van der Waals surface area contributed by atoms with Gasteiger partial charge in [-0.15, -0.1) is 0 Å². The summed E-state index contributed by atoms with van der Waals surface area (Å²) in [7, 11) is 0. The Hall–Kier alpha value is -1.04. The lowest BCUT2D eigenvalue weighted by molar-refractivity contribution is 0.00441. The fraction of sp³-hybridized carbons (Fsp3) is 0.600. The molecule has 2 rings (SSSR count). The standard InChI is InChI=1S/C15H22F2N2O/c1-2-20-12-4-3-7-19(9-12)10-15(18)13-8-11(16)5-6-14(13)17/h5-6,8,12,15H,2-4,7,9-10,18H2,1H3. The molecule has 2 atom stereocenters. The minimum atomic E-state index is -0.522. The van der Waals surface area contributed by atoms with Crippen molar-refractivity contribution in [1.82, 2.24) is 4.90 Å². The first-order chi connectivity index (χ1) is 9.60. The van der Waals surface area contributed by atoms with Gasteiger partial charge in [0.1, 0.15) is 11.6 Å². The largest absolute Gasteiger partial charge is 0.377 e. The molecule has 1 saturated heterocycles. The Morgan fingerprint density at radius 3 is 3.00 bits per heavy atom. The van der Waals surface area contributed by atoms with E-state index < -0.39 is 17.7 Å². The minimum absolute atomic E-state index is 0.221. The molecule has 0 radical (unpaired) electrons. The van der Waals surface area contributed by atoms with Crippen LogP contribution in [0.15, 0.2) is 18.2 Å². The molecule has 3 nitrogen and oxygen atoms in total. The molecule has 1 aromatic rings. The molecule has 0 aromatic heterocycles. The molecule has 1 aliphatic rings. The summed E-state index contributed by atoms with van der Waals surface area (Å²) in [6.45, 7) is 4.92. The Balaban J connectivity index is 1.96. The van der Waals surface area contributed by atoms with Crippen LogP contribution in [0.2, 0.25) is 0 Å². The van der Waals surface area contributed by atoms with Crippen molar-refractivity contribution in [3.8, 4) is 0 Å². The van der Waals surface area contributed by atoms with Crippen LogP contribution < -0.4 is 5.73 Å². The highest BCUT2D eigenvalue weighted by molar-refractivity contribution is 5.22. The average molecular weight is 284 g/mol. The molecule has 1 aromatic carbocycles. The molecule has 112 valence electrons. The highest BCUT2D eigenvalue weighted by atomic mass is 19.1. The van der Waals surface area contributed by atoms with Crippen molar-refractivity contribution in [2.24, 2.45) is 5.73 Å². The van der Waals surface area contributed by atoms with E-state index in [9.17, 15) is 8.78 Å². The van der Waals surface area contributed by atoms with Crippen LogP contribution in [0, 0.1) is 11.6 Å². The molecule has 1 fully saturated rings. The fourth-order valence-corrected chi connectivity index (χ4v) is 2.73. The third kappa shape index (κ3) is 3.98. The van der Waals surface area contributed by atoms with Gasteiger partial charge in [-0.3, -0.25) is 4.90 Å². The lowest BCUT2D eigenvalue weighted by atomic mass is 10.0. The number of hydrogen-bond donors (Lipinski definition) is 1. The van der Waals surface area contributed by atoms with Gasteiger partial charge < -0.3 is 10.5 Å². The second-order valence-electron chi connectivity index (χ2n) is 5.25. The molecule has 1 aliphatic heterocycles. The molecule has 5 heteroatoms. The Bertz CT molecular complexity index is 440. The Morgan fingerprint density at radius 1 is 1.45 bits per heavy atom. The highest BCUT2D eigenvalue weighted by Gasteiger charge is 2.23. The smallest absolute Gasteiger partial charge is 0.128 e. The summed E-state index contributed by atoms with van der Waals surface area (Å²) in [5.41, 5.74) is 6.27. The molecule has 0 bridgehead atoms. The number of likely N-dealkylation sites (tertiary alicyclic amines) is 1. The van der Waals surface area contributed by atoms with Crippen molar-refractivity contribution in [1.29, 1.82) is 0 Å². The quantitative estimate of drug-likeness (QED) is 0.902. The van der Waals surface area contributed by atoms with Crippen molar-refractivity contribution in [3.05, 3.63) is 35.4 Å². The van der Waals surface area contributed by atoms with E-state index in [2.05, 4.69) is 4.90 Å². The molecule has 0 spiro atoms. The lowest BCUT2D eigenvalue weighted by Crippen LogP contribution is -2.43. The van der Waals surface area contributed by atoms with E-state index >= 15 is 0 Å². The molecule has 2 N–H and O–H groups in total. The van der Waals surface area contributed by atoms with Gasteiger partial charge in [-0.2, -0.15) is 0 Å². The number of ether oxygens (including phenoxy) is 1. The third-order valence-corrected chi connectivity index (χ3v) is 3.68. The SMILES string of the molecule is CCOC1CCCN(CC(N)c2cc(F)ccc2F)C1. The number of benzene rings is 1. The first-order valence-electron chi connectivity index (χ1n) is 7.14. The van der Waals surface area contributed by atoms with Gasteiger partial charge in [0.05, 0.1) is 6.10 Å². The van der Waals surface area contributed by atoms with Crippen molar-refractivity contribution in [3.63, 3.8) is 0 Å². The maximum atomic E-state index is 13.7. The number of nitrogens with two attached hydrogens (primary N) is 1. The molecule has 0 amide bonds. The highest BCUT2D eigenvalue weighted by Crippen LogP contribution is 2.20. The van der Waals surface area contributed by atoms with Crippen molar-refractivity contribution in [2.75, 3.05) is 26.2 Å². The average Bonchev–Trinajstić information content (AvgIpc) is 2.42. The van der Waals surface area contributed by atoms with Crippen molar-refractivity contribution in [2.45, 2.75) is 31.9 Å². The van der Waals surface area contributed by atoms with Gasteiger partial charge in [0.15, 0.2) is 0 Å². The van der Waals surface area contributed by atoms with Crippen LogP contribution in [0.4, 0.5) is 8.78 Å². The first kappa shape index (κ1) is 15.4. The Morgan fingerprint density at radius 2 is 2.25 bits per heavy atom. The van der Waals surface area contributed by atoms with E-state index in [-0.39, 0.29) is 11.7 Å². The van der Waals surface area contributed by atoms with E-state index in [0.29, 0.717) is 13.2 Å². The molecule has 2 unspecified atom stereocenters. The number of hydrogen-bond acceptors (Lipinski definition) is 3. The number of rotatable bonds is 5. The van der Waals surface area contributed by atoms with Crippen molar-refractivity contribution < 1.29 is 13.5 Å². The minimum Gasteiger partial charge on any atom is -0.377 e. The zero-order chi connectivity index (χ0) is 14.5. The predicted octanol–water partition coefficient (Wildman–Crippen LogP) is 2.47. The number of nitrogens with zero attached hydrogens (tertiary/aromatic N) is 1. The molecule has 0 aliphatic carbocycles. The Labute approximate surface area is 118 Å². The second-order valence-corrected chi connectivity index (χ2v) is 5.25. The fourth-order valence-electron chi connectivity index (χ4n) is 2.73. The summed E-state index contributed by atoms with van der Waals surface area (Å²) >= 11 is 0. The third-order valence-electron chi connectivity index (χ3n) is 3.68. The summed E-state index contributed by atoms with van der Waals surface area (Å²) < 4.78 is 32.5. The summed E-state index contributed by atoms with van der Waals surface area (Å²) in [6, 6.07) is 2.90. The monoisotopic (exact) mass is 284 g/mol. The normalized spacial score (nSPS) is 21.9. The second kappa shape index (κ2) is 7.11. The van der Waals surface area contributed by atoms with Gasteiger partial charge in [-0.25, -0.2) is 8.78 Å². The van der Waals surface area contributed by atoms with E-state index in [4.69, 9.17) is 10.5 Å². The van der Waals surface area contributed by atoms with Crippen LogP contribution in [0.3, 0.4) is 0 Å². The van der Waals surface area contributed by atoms with Crippen LogP contribution in [-0.4, -0.2) is 37.2 Å². The molecule has 0 saturated carbocycles. The van der Waals surface area contributed by atoms with Gasteiger partial charge in [0.25, 0.3) is 0 Å². The molecular weight excluding hydrogens is 262 g/mol. The van der Waals surface area contributed by atoms with Crippen LogP contribution in [0.5, 0.6) is 0 Å². The molecular formula is C15H22F2N2O.